The highest BCUT2D eigenvalue weighted by Gasteiger charge is 2.10. The van der Waals surface area contributed by atoms with E-state index in [0.29, 0.717) is 11.4 Å². The van der Waals surface area contributed by atoms with Crippen LogP contribution in [-0.2, 0) is 6.42 Å². The van der Waals surface area contributed by atoms with Gasteiger partial charge in [0.2, 0.25) is 0 Å². The van der Waals surface area contributed by atoms with E-state index in [1.54, 1.807) is 13.0 Å². The summed E-state index contributed by atoms with van der Waals surface area (Å²) in [5, 5.41) is 19.3. The van der Waals surface area contributed by atoms with E-state index < -0.39 is 6.29 Å². The third-order valence-corrected chi connectivity index (χ3v) is 2.99. The maximum Gasteiger partial charge on any atom is 0.194 e. The zero-order valence-electron chi connectivity index (χ0n) is 11.3. The van der Waals surface area contributed by atoms with Crippen LogP contribution in [0.3, 0.4) is 0 Å². The highest BCUT2D eigenvalue weighted by molar-refractivity contribution is 5.85. The molecule has 0 aliphatic heterocycles. The second-order valence-corrected chi connectivity index (χ2v) is 4.48. The van der Waals surface area contributed by atoms with E-state index in [1.807, 2.05) is 26.0 Å². The molecule has 0 spiro atoms. The van der Waals surface area contributed by atoms with Crippen LogP contribution in [0.2, 0.25) is 0 Å². The minimum absolute atomic E-state index is 0.413. The molecular formula is C15H16N2O2. The van der Waals surface area contributed by atoms with Crippen molar-refractivity contribution >= 4 is 10.9 Å². The first kappa shape index (κ1) is 13.3. The van der Waals surface area contributed by atoms with Crippen molar-refractivity contribution in [1.29, 1.82) is 5.26 Å². The molecule has 0 amide bonds. The van der Waals surface area contributed by atoms with E-state index in [0.717, 1.165) is 28.5 Å². The van der Waals surface area contributed by atoms with Gasteiger partial charge >= 0.3 is 0 Å². The average Bonchev–Trinajstić information content (AvgIpc) is 2.37. The number of aromatic nitrogens is 1. The molecule has 0 fully saturated rings. The third kappa shape index (κ3) is 2.67. The topological polar surface area (TPSA) is 66.1 Å². The summed E-state index contributed by atoms with van der Waals surface area (Å²) in [5.41, 5.74) is 3.14. The molecule has 4 nitrogen and oxygen atoms in total. The van der Waals surface area contributed by atoms with Crippen LogP contribution in [0, 0.1) is 18.3 Å². The number of fused-ring (bicyclic) bond motifs is 1. The zero-order chi connectivity index (χ0) is 14.0. The van der Waals surface area contributed by atoms with Crippen molar-refractivity contribution in [2.75, 3.05) is 0 Å². The molecule has 0 radical (unpaired) electrons. The minimum Gasteiger partial charge on any atom is -0.465 e. The molecule has 1 aromatic heterocycles. The third-order valence-electron chi connectivity index (χ3n) is 2.99. The highest BCUT2D eigenvalue weighted by Crippen LogP contribution is 2.28. The Morgan fingerprint density at radius 1 is 1.42 bits per heavy atom. The second-order valence-electron chi connectivity index (χ2n) is 4.48. The fourth-order valence-corrected chi connectivity index (χ4v) is 2.09. The quantitative estimate of drug-likeness (QED) is 0.857. The summed E-state index contributed by atoms with van der Waals surface area (Å²) in [6.07, 6.45) is -0.0791. The minimum atomic E-state index is -0.852. The first-order chi connectivity index (χ1) is 9.05. The Balaban J connectivity index is 2.67. The number of aryl methyl sites for hydroxylation is 2. The van der Waals surface area contributed by atoms with Crippen molar-refractivity contribution < 1.29 is 9.84 Å². The fraction of sp³-hybridized carbons (Fsp3) is 0.333. The van der Waals surface area contributed by atoms with Crippen molar-refractivity contribution in [2.45, 2.75) is 33.5 Å². The van der Waals surface area contributed by atoms with Gasteiger partial charge < -0.3 is 9.84 Å². The number of ether oxygens (including phenoxy) is 1. The van der Waals surface area contributed by atoms with Gasteiger partial charge in [0.1, 0.15) is 17.5 Å². The van der Waals surface area contributed by atoms with Gasteiger partial charge in [-0.05, 0) is 49.6 Å². The van der Waals surface area contributed by atoms with E-state index in [1.165, 1.54) is 0 Å². The van der Waals surface area contributed by atoms with Gasteiger partial charge in [-0.3, -0.25) is 0 Å². The maximum absolute atomic E-state index is 9.37. The number of pyridine rings is 1. The molecule has 1 unspecified atom stereocenters. The smallest absolute Gasteiger partial charge is 0.194 e. The molecule has 2 aromatic rings. The van der Waals surface area contributed by atoms with Crippen molar-refractivity contribution in [2.24, 2.45) is 0 Å². The molecule has 0 aliphatic rings. The Labute approximate surface area is 112 Å². The van der Waals surface area contributed by atoms with Crippen LogP contribution in [0.5, 0.6) is 5.75 Å². The number of hydrogen-bond acceptors (Lipinski definition) is 4. The largest absolute Gasteiger partial charge is 0.465 e. The van der Waals surface area contributed by atoms with Crippen LogP contribution in [0.4, 0.5) is 0 Å². The van der Waals surface area contributed by atoms with Crippen LogP contribution >= 0.6 is 0 Å². The number of rotatable bonds is 3. The van der Waals surface area contributed by atoms with Crippen molar-refractivity contribution in [3.8, 4) is 11.8 Å². The Bertz CT molecular complexity index is 657. The normalized spacial score (nSPS) is 12.2. The summed E-state index contributed by atoms with van der Waals surface area (Å²) in [5.74, 6) is 0.666. The summed E-state index contributed by atoms with van der Waals surface area (Å²) >= 11 is 0. The molecule has 98 valence electrons. The standard InChI is InChI=1S/C15H16N2O2/c1-4-11-6-14-13(7-15(11)19-10(3)18)9(2)5-12(8-16)17-14/h5-7,10,18H,4H2,1-3H3. The molecule has 1 atom stereocenters. The Morgan fingerprint density at radius 2 is 2.16 bits per heavy atom. The van der Waals surface area contributed by atoms with Crippen molar-refractivity contribution in [1.82, 2.24) is 4.98 Å². The Kier molecular flexibility index (Phi) is 3.68. The first-order valence-corrected chi connectivity index (χ1v) is 6.24. The Morgan fingerprint density at radius 3 is 2.74 bits per heavy atom. The average molecular weight is 256 g/mol. The molecule has 1 heterocycles. The summed E-state index contributed by atoms with van der Waals surface area (Å²) in [6, 6.07) is 7.61. The number of aliphatic hydroxyl groups excluding tert-OH is 1. The maximum atomic E-state index is 9.37. The lowest BCUT2D eigenvalue weighted by molar-refractivity contribution is -0.000850. The van der Waals surface area contributed by atoms with E-state index in [9.17, 15) is 5.11 Å². The number of hydrogen-bond donors (Lipinski definition) is 1. The molecule has 0 saturated heterocycles. The fourth-order valence-electron chi connectivity index (χ4n) is 2.09. The van der Waals surface area contributed by atoms with E-state index in [2.05, 4.69) is 11.1 Å². The molecule has 1 aromatic carbocycles. The first-order valence-electron chi connectivity index (χ1n) is 6.24. The second kappa shape index (κ2) is 5.25. The van der Waals surface area contributed by atoms with E-state index >= 15 is 0 Å². The zero-order valence-corrected chi connectivity index (χ0v) is 11.3. The predicted octanol–water partition coefficient (Wildman–Crippen LogP) is 2.69. The van der Waals surface area contributed by atoms with Crippen LogP contribution in [0.25, 0.3) is 10.9 Å². The van der Waals surface area contributed by atoms with Crippen LogP contribution in [0.1, 0.15) is 30.7 Å². The highest BCUT2D eigenvalue weighted by atomic mass is 16.6. The van der Waals surface area contributed by atoms with Gasteiger partial charge in [-0.15, -0.1) is 0 Å². The number of nitriles is 1. The number of aliphatic hydroxyl groups is 1. The molecule has 2 rings (SSSR count). The van der Waals surface area contributed by atoms with Gasteiger partial charge in [-0.2, -0.15) is 5.26 Å². The lowest BCUT2D eigenvalue weighted by atomic mass is 10.0. The van der Waals surface area contributed by atoms with Gasteiger partial charge in [0.05, 0.1) is 5.52 Å². The lowest BCUT2D eigenvalue weighted by Crippen LogP contribution is -2.11. The van der Waals surface area contributed by atoms with Gasteiger partial charge in [0.15, 0.2) is 6.29 Å². The Hall–Kier alpha value is -2.12. The molecule has 0 bridgehead atoms. The van der Waals surface area contributed by atoms with Crippen molar-refractivity contribution in [3.05, 3.63) is 35.0 Å². The number of benzene rings is 1. The summed E-state index contributed by atoms with van der Waals surface area (Å²) < 4.78 is 5.42. The number of nitrogens with zero attached hydrogens (tertiary/aromatic N) is 2. The van der Waals surface area contributed by atoms with E-state index in [-0.39, 0.29) is 0 Å². The summed E-state index contributed by atoms with van der Waals surface area (Å²) in [6.45, 7) is 5.52. The molecular weight excluding hydrogens is 240 g/mol. The lowest BCUT2D eigenvalue weighted by Gasteiger charge is -2.14. The van der Waals surface area contributed by atoms with Crippen LogP contribution in [0.15, 0.2) is 18.2 Å². The van der Waals surface area contributed by atoms with Gasteiger partial charge in [-0.1, -0.05) is 6.92 Å². The SMILES string of the molecule is CCc1cc2nc(C#N)cc(C)c2cc1OC(C)O. The van der Waals surface area contributed by atoms with Gasteiger partial charge in [0, 0.05) is 5.39 Å². The van der Waals surface area contributed by atoms with E-state index in [4.69, 9.17) is 10.00 Å². The molecule has 0 saturated carbocycles. The van der Waals surface area contributed by atoms with Crippen LogP contribution < -0.4 is 4.74 Å². The molecule has 4 heteroatoms. The summed E-state index contributed by atoms with van der Waals surface area (Å²) in [7, 11) is 0. The molecule has 1 N–H and O–H groups in total. The van der Waals surface area contributed by atoms with Crippen molar-refractivity contribution in [3.63, 3.8) is 0 Å². The predicted molar refractivity (Wildman–Crippen MR) is 72.9 cm³/mol. The van der Waals surface area contributed by atoms with Gasteiger partial charge in [0.25, 0.3) is 0 Å². The summed E-state index contributed by atoms with van der Waals surface area (Å²) in [4.78, 5) is 4.30. The molecule has 0 aliphatic carbocycles. The monoisotopic (exact) mass is 256 g/mol. The van der Waals surface area contributed by atoms with Crippen LogP contribution in [-0.4, -0.2) is 16.4 Å². The molecule has 19 heavy (non-hydrogen) atoms. The van der Waals surface area contributed by atoms with Gasteiger partial charge in [-0.25, -0.2) is 4.98 Å².